The lowest BCUT2D eigenvalue weighted by atomic mass is 9.61. The lowest BCUT2D eigenvalue weighted by molar-refractivity contribution is -0.127. The van der Waals surface area contributed by atoms with Gasteiger partial charge in [0, 0.05) is 35.1 Å². The van der Waals surface area contributed by atoms with Crippen LogP contribution >= 0.6 is 24.0 Å². The third-order valence-corrected chi connectivity index (χ3v) is 9.82. The highest BCUT2D eigenvalue weighted by molar-refractivity contribution is 6.30. The van der Waals surface area contributed by atoms with Gasteiger partial charge in [-0.1, -0.05) is 61.0 Å². The quantitative estimate of drug-likeness (QED) is 0.333. The standard InChI is InChI=1S/C34H40ClN3O5.ClH/c1-5-37-17-15-33(32(36)40,24-9-7-6-8-10-24)21-29(37)34(25-11-13-26(35)14-12-25)16-18-38(22-34)31(39)23-19-27(41-2)30(43-4)28(20-23)42-3;/h6-14,19-20,29H,5,15-18,21-22H2,1-4H3,(H2,36,40);1H. The van der Waals surface area contributed by atoms with Crippen LogP contribution in [0.2, 0.25) is 5.02 Å². The number of rotatable bonds is 9. The van der Waals surface area contributed by atoms with Gasteiger partial charge in [-0.15, -0.1) is 12.4 Å². The van der Waals surface area contributed by atoms with Crippen LogP contribution in [0, 0.1) is 0 Å². The van der Waals surface area contributed by atoms with Crippen molar-refractivity contribution in [2.75, 3.05) is 47.5 Å². The van der Waals surface area contributed by atoms with E-state index in [0.29, 0.717) is 53.8 Å². The second-order valence-electron chi connectivity index (χ2n) is 11.5. The number of likely N-dealkylation sites (N-methyl/N-ethyl adjacent to an activating group) is 1. The summed E-state index contributed by atoms with van der Waals surface area (Å²) in [6.45, 7) is 4.69. The lowest BCUT2D eigenvalue weighted by Crippen LogP contribution is -2.61. The molecule has 0 bridgehead atoms. The van der Waals surface area contributed by atoms with Gasteiger partial charge in [-0.2, -0.15) is 0 Å². The van der Waals surface area contributed by atoms with Gasteiger partial charge in [-0.25, -0.2) is 0 Å². The van der Waals surface area contributed by atoms with Crippen LogP contribution < -0.4 is 19.9 Å². The normalized spacial score (nSPS) is 23.5. The first kappa shape index (κ1) is 33.4. The summed E-state index contributed by atoms with van der Waals surface area (Å²) in [7, 11) is 4.61. The SMILES string of the molecule is CCN1CCC(C(N)=O)(c2ccccc2)CC1C1(c2ccc(Cl)cc2)CCN(C(=O)c2cc(OC)c(OC)c(OC)c2)C1.Cl. The fourth-order valence-electron chi connectivity index (χ4n) is 7.24. The number of piperidine rings is 1. The second-order valence-corrected chi connectivity index (χ2v) is 11.9. The molecular weight excluding hydrogens is 601 g/mol. The zero-order valence-electron chi connectivity index (χ0n) is 25.7. The molecule has 2 fully saturated rings. The molecule has 2 amide bonds. The van der Waals surface area contributed by atoms with Gasteiger partial charge in [0.15, 0.2) is 11.5 Å². The number of nitrogens with two attached hydrogens (primary N) is 1. The molecule has 44 heavy (non-hydrogen) atoms. The number of methoxy groups -OCH3 is 3. The largest absolute Gasteiger partial charge is 0.493 e. The summed E-state index contributed by atoms with van der Waals surface area (Å²) in [4.78, 5) is 31.8. The Hall–Kier alpha value is -3.46. The summed E-state index contributed by atoms with van der Waals surface area (Å²) in [5, 5.41) is 0.647. The van der Waals surface area contributed by atoms with E-state index in [2.05, 4.69) is 24.0 Å². The van der Waals surface area contributed by atoms with E-state index in [1.807, 2.05) is 47.4 Å². The van der Waals surface area contributed by atoms with Crippen LogP contribution in [-0.2, 0) is 15.6 Å². The molecular formula is C34H41Cl2N3O5. The average Bonchev–Trinajstić information content (AvgIpc) is 3.50. The molecule has 3 unspecified atom stereocenters. The van der Waals surface area contributed by atoms with Crippen LogP contribution in [0.5, 0.6) is 17.2 Å². The number of hydrogen-bond acceptors (Lipinski definition) is 6. The third kappa shape index (κ3) is 5.83. The van der Waals surface area contributed by atoms with E-state index in [-0.39, 0.29) is 30.3 Å². The highest BCUT2D eigenvalue weighted by Gasteiger charge is 2.55. The van der Waals surface area contributed by atoms with E-state index < -0.39 is 10.8 Å². The van der Waals surface area contributed by atoms with E-state index in [0.717, 1.165) is 30.6 Å². The number of likely N-dealkylation sites (tertiary alicyclic amines) is 2. The van der Waals surface area contributed by atoms with E-state index in [1.54, 1.807) is 12.1 Å². The summed E-state index contributed by atoms with van der Waals surface area (Å²) in [6.07, 6.45) is 1.91. The average molecular weight is 643 g/mol. The molecule has 0 radical (unpaired) electrons. The van der Waals surface area contributed by atoms with Crippen LogP contribution in [0.4, 0.5) is 0 Å². The summed E-state index contributed by atoms with van der Waals surface area (Å²) < 4.78 is 16.5. The molecule has 2 saturated heterocycles. The molecule has 2 heterocycles. The molecule has 0 spiro atoms. The fourth-order valence-corrected chi connectivity index (χ4v) is 7.36. The van der Waals surface area contributed by atoms with E-state index in [9.17, 15) is 9.59 Å². The van der Waals surface area contributed by atoms with Crippen molar-refractivity contribution in [2.45, 2.75) is 43.1 Å². The minimum absolute atomic E-state index is 0. The van der Waals surface area contributed by atoms with E-state index >= 15 is 0 Å². The second kappa shape index (κ2) is 13.7. The molecule has 3 atom stereocenters. The van der Waals surface area contributed by atoms with Crippen LogP contribution in [0.1, 0.15) is 47.7 Å². The van der Waals surface area contributed by atoms with Crippen LogP contribution in [0.15, 0.2) is 66.7 Å². The van der Waals surface area contributed by atoms with Crippen LogP contribution in [0.25, 0.3) is 0 Å². The highest BCUT2D eigenvalue weighted by Crippen LogP contribution is 2.49. The molecule has 3 aromatic rings. The molecule has 3 aromatic carbocycles. The Morgan fingerprint density at radius 2 is 1.55 bits per heavy atom. The third-order valence-electron chi connectivity index (χ3n) is 9.57. The lowest BCUT2D eigenvalue weighted by Gasteiger charge is -2.52. The fraction of sp³-hybridized carbons (Fsp3) is 0.412. The first-order chi connectivity index (χ1) is 20.7. The Morgan fingerprint density at radius 1 is 0.909 bits per heavy atom. The minimum Gasteiger partial charge on any atom is -0.493 e. The number of primary amides is 1. The maximum atomic E-state index is 14.1. The number of nitrogens with zero attached hydrogens (tertiary/aromatic N) is 2. The number of amides is 2. The van der Waals surface area contributed by atoms with E-state index in [1.165, 1.54) is 21.3 Å². The Morgan fingerprint density at radius 3 is 2.09 bits per heavy atom. The van der Waals surface area contributed by atoms with E-state index in [4.69, 9.17) is 31.5 Å². The summed E-state index contributed by atoms with van der Waals surface area (Å²) in [6, 6.07) is 21.2. The van der Waals surface area contributed by atoms with Gasteiger partial charge in [-0.05, 0) is 67.7 Å². The summed E-state index contributed by atoms with van der Waals surface area (Å²) >= 11 is 6.34. The zero-order chi connectivity index (χ0) is 30.8. The molecule has 236 valence electrons. The maximum absolute atomic E-state index is 14.1. The Labute approximate surface area is 270 Å². The maximum Gasteiger partial charge on any atom is 0.254 e. The van der Waals surface area contributed by atoms with Crippen LogP contribution in [0.3, 0.4) is 0 Å². The van der Waals surface area contributed by atoms with Gasteiger partial charge >= 0.3 is 0 Å². The Balaban J connectivity index is 0.00000442. The molecule has 2 aliphatic rings. The molecule has 2 aliphatic heterocycles. The number of carbonyl (C=O) groups excluding carboxylic acids is 2. The van der Waals surface area contributed by atoms with Crippen molar-refractivity contribution < 1.29 is 23.8 Å². The Bertz CT molecular complexity index is 1450. The summed E-state index contributed by atoms with van der Waals surface area (Å²) in [5.41, 5.74) is 7.45. The number of ether oxygens (including phenoxy) is 3. The summed E-state index contributed by atoms with van der Waals surface area (Å²) in [5.74, 6) is 0.842. The number of benzene rings is 3. The molecule has 10 heteroatoms. The van der Waals surface area contributed by atoms with Crippen molar-refractivity contribution in [3.8, 4) is 17.2 Å². The smallest absolute Gasteiger partial charge is 0.254 e. The van der Waals surface area contributed by atoms with Gasteiger partial charge in [-0.3, -0.25) is 14.5 Å². The van der Waals surface area contributed by atoms with Crippen molar-refractivity contribution in [3.63, 3.8) is 0 Å². The first-order valence-electron chi connectivity index (χ1n) is 14.7. The van der Waals surface area contributed by atoms with Crippen LogP contribution in [-0.4, -0.2) is 75.2 Å². The van der Waals surface area contributed by atoms with Gasteiger partial charge in [0.05, 0.1) is 26.7 Å². The van der Waals surface area contributed by atoms with Crippen molar-refractivity contribution in [1.82, 2.24) is 9.80 Å². The number of halogens is 2. The monoisotopic (exact) mass is 641 g/mol. The molecule has 2 N–H and O–H groups in total. The predicted molar refractivity (Wildman–Crippen MR) is 175 cm³/mol. The van der Waals surface area contributed by atoms with Gasteiger partial charge in [0.1, 0.15) is 0 Å². The van der Waals surface area contributed by atoms with Gasteiger partial charge in [0.25, 0.3) is 5.91 Å². The molecule has 8 nitrogen and oxygen atoms in total. The molecule has 0 aliphatic carbocycles. The van der Waals surface area contributed by atoms with Crippen molar-refractivity contribution in [3.05, 3.63) is 88.4 Å². The molecule has 0 saturated carbocycles. The van der Waals surface area contributed by atoms with Crippen molar-refractivity contribution >= 4 is 35.8 Å². The molecule has 0 aromatic heterocycles. The predicted octanol–water partition coefficient (Wildman–Crippen LogP) is 5.48. The zero-order valence-corrected chi connectivity index (χ0v) is 27.2. The highest BCUT2D eigenvalue weighted by atomic mass is 35.5. The first-order valence-corrected chi connectivity index (χ1v) is 15.1. The van der Waals surface area contributed by atoms with Crippen molar-refractivity contribution in [2.24, 2.45) is 5.73 Å². The van der Waals surface area contributed by atoms with Gasteiger partial charge in [0.2, 0.25) is 11.7 Å². The van der Waals surface area contributed by atoms with Gasteiger partial charge < -0.3 is 24.8 Å². The Kier molecular flexibility index (Phi) is 10.4. The molecule has 5 rings (SSSR count). The topological polar surface area (TPSA) is 94.3 Å². The van der Waals surface area contributed by atoms with Crippen molar-refractivity contribution in [1.29, 1.82) is 0 Å². The number of hydrogen-bond donors (Lipinski definition) is 1. The number of carbonyl (C=O) groups is 2. The minimum atomic E-state index is -0.814.